The summed E-state index contributed by atoms with van der Waals surface area (Å²) in [6.45, 7) is 0.0647. The van der Waals surface area contributed by atoms with E-state index in [-0.39, 0.29) is 23.9 Å². The Bertz CT molecular complexity index is 492. The number of rotatable bonds is 2. The molecule has 1 aromatic rings. The number of aliphatic carboxylic acids is 1. The third-order valence-corrected chi connectivity index (χ3v) is 3.00. The van der Waals surface area contributed by atoms with Gasteiger partial charge in [0.15, 0.2) is 0 Å². The van der Waals surface area contributed by atoms with Crippen molar-refractivity contribution >= 4 is 29.2 Å². The van der Waals surface area contributed by atoms with E-state index in [0.717, 1.165) is 6.07 Å². The Hall–Kier alpha value is -1.62. The van der Waals surface area contributed by atoms with Crippen LogP contribution in [0, 0.1) is 11.7 Å². The number of carboxylic acid groups (broad SMARTS) is 1. The van der Waals surface area contributed by atoms with Crippen molar-refractivity contribution in [2.24, 2.45) is 5.92 Å². The van der Waals surface area contributed by atoms with E-state index in [9.17, 15) is 14.0 Å². The Morgan fingerprint density at radius 3 is 2.76 bits per heavy atom. The van der Waals surface area contributed by atoms with Crippen LogP contribution in [-0.2, 0) is 9.59 Å². The predicted molar refractivity (Wildman–Crippen MR) is 59.5 cm³/mol. The number of benzene rings is 1. The summed E-state index contributed by atoms with van der Waals surface area (Å²) >= 11 is 5.53. The molecule has 0 aromatic heterocycles. The number of nitrogens with zero attached hydrogens (tertiary/aromatic N) is 1. The van der Waals surface area contributed by atoms with Crippen LogP contribution in [0.1, 0.15) is 6.42 Å². The van der Waals surface area contributed by atoms with Crippen molar-refractivity contribution in [3.8, 4) is 0 Å². The first-order valence-electron chi connectivity index (χ1n) is 4.97. The van der Waals surface area contributed by atoms with Gasteiger partial charge in [0.25, 0.3) is 0 Å². The Kier molecular flexibility index (Phi) is 3.02. The molecule has 0 unspecified atom stereocenters. The number of hydrogen-bond acceptors (Lipinski definition) is 2. The highest BCUT2D eigenvalue weighted by Gasteiger charge is 2.35. The summed E-state index contributed by atoms with van der Waals surface area (Å²) in [6.07, 6.45) is -0.0560. The molecular formula is C11H9ClFNO3. The zero-order valence-corrected chi connectivity index (χ0v) is 9.45. The lowest BCUT2D eigenvalue weighted by Crippen LogP contribution is -2.25. The van der Waals surface area contributed by atoms with E-state index in [4.69, 9.17) is 16.7 Å². The Morgan fingerprint density at radius 1 is 1.53 bits per heavy atom. The van der Waals surface area contributed by atoms with Gasteiger partial charge in [-0.15, -0.1) is 0 Å². The molecule has 0 saturated carbocycles. The molecular weight excluding hydrogens is 249 g/mol. The molecule has 6 heteroatoms. The zero-order chi connectivity index (χ0) is 12.6. The van der Waals surface area contributed by atoms with Crippen molar-refractivity contribution in [3.63, 3.8) is 0 Å². The topological polar surface area (TPSA) is 57.6 Å². The van der Waals surface area contributed by atoms with Gasteiger partial charge < -0.3 is 10.0 Å². The fourth-order valence-electron chi connectivity index (χ4n) is 1.78. The standard InChI is InChI=1S/C11H9ClFNO3/c12-8-2-1-7(4-9(8)13)14-5-6(11(16)17)3-10(14)15/h1-2,4,6H,3,5H2,(H,16,17)/t6-/m1/s1. The van der Waals surface area contributed by atoms with Gasteiger partial charge in [0.05, 0.1) is 10.9 Å². The third kappa shape index (κ3) is 2.24. The first-order chi connectivity index (χ1) is 7.99. The van der Waals surface area contributed by atoms with E-state index >= 15 is 0 Å². The summed E-state index contributed by atoms with van der Waals surface area (Å²) in [5.74, 6) is -2.70. The average molecular weight is 258 g/mol. The summed E-state index contributed by atoms with van der Waals surface area (Å²) in [5, 5.41) is 8.79. The van der Waals surface area contributed by atoms with E-state index in [1.807, 2.05) is 0 Å². The molecule has 0 aliphatic carbocycles. The second-order valence-electron chi connectivity index (χ2n) is 3.84. The van der Waals surface area contributed by atoms with E-state index in [1.165, 1.54) is 17.0 Å². The second-order valence-corrected chi connectivity index (χ2v) is 4.25. The molecule has 0 spiro atoms. The fraction of sp³-hybridized carbons (Fsp3) is 0.273. The zero-order valence-electron chi connectivity index (χ0n) is 8.69. The monoisotopic (exact) mass is 257 g/mol. The molecule has 1 fully saturated rings. The highest BCUT2D eigenvalue weighted by Crippen LogP contribution is 2.27. The van der Waals surface area contributed by atoms with Crippen LogP contribution in [0.5, 0.6) is 0 Å². The van der Waals surface area contributed by atoms with Crippen LogP contribution in [0.2, 0.25) is 5.02 Å². The number of carbonyl (C=O) groups is 2. The first kappa shape index (κ1) is 11.9. The van der Waals surface area contributed by atoms with E-state index < -0.39 is 17.7 Å². The van der Waals surface area contributed by atoms with Crippen molar-refractivity contribution in [2.75, 3.05) is 11.4 Å². The summed E-state index contributed by atoms with van der Waals surface area (Å²) < 4.78 is 13.2. The maximum Gasteiger partial charge on any atom is 0.308 e. The van der Waals surface area contributed by atoms with Gasteiger partial charge in [-0.05, 0) is 18.2 Å². The maximum absolute atomic E-state index is 13.2. The third-order valence-electron chi connectivity index (χ3n) is 2.69. The molecule has 0 bridgehead atoms. The van der Waals surface area contributed by atoms with Gasteiger partial charge in [-0.1, -0.05) is 11.6 Å². The van der Waals surface area contributed by atoms with Crippen LogP contribution in [0.3, 0.4) is 0 Å². The summed E-state index contributed by atoms with van der Waals surface area (Å²) in [6, 6.07) is 3.96. The number of halogens is 2. The molecule has 1 atom stereocenters. The fourth-order valence-corrected chi connectivity index (χ4v) is 1.89. The first-order valence-corrected chi connectivity index (χ1v) is 5.35. The Balaban J connectivity index is 2.26. The number of amides is 1. The minimum atomic E-state index is -1.02. The van der Waals surface area contributed by atoms with Crippen molar-refractivity contribution in [3.05, 3.63) is 29.0 Å². The molecule has 2 rings (SSSR count). The van der Waals surface area contributed by atoms with Crippen molar-refractivity contribution in [1.82, 2.24) is 0 Å². The van der Waals surface area contributed by atoms with E-state index in [0.29, 0.717) is 5.69 Å². The van der Waals surface area contributed by atoms with Gasteiger partial charge in [-0.2, -0.15) is 0 Å². The van der Waals surface area contributed by atoms with Crippen LogP contribution < -0.4 is 4.90 Å². The summed E-state index contributed by atoms with van der Waals surface area (Å²) in [4.78, 5) is 23.6. The highest BCUT2D eigenvalue weighted by molar-refractivity contribution is 6.30. The summed E-state index contributed by atoms with van der Waals surface area (Å²) in [7, 11) is 0. The van der Waals surface area contributed by atoms with Crippen LogP contribution in [0.15, 0.2) is 18.2 Å². The largest absolute Gasteiger partial charge is 0.481 e. The smallest absolute Gasteiger partial charge is 0.308 e. The van der Waals surface area contributed by atoms with E-state index in [1.54, 1.807) is 0 Å². The van der Waals surface area contributed by atoms with Gasteiger partial charge >= 0.3 is 5.97 Å². The minimum Gasteiger partial charge on any atom is -0.481 e. The molecule has 1 saturated heterocycles. The minimum absolute atomic E-state index is 0.0322. The predicted octanol–water partition coefficient (Wildman–Crippen LogP) is 1.92. The molecule has 1 aliphatic heterocycles. The number of carboxylic acids is 1. The summed E-state index contributed by atoms with van der Waals surface area (Å²) in [5.41, 5.74) is 0.334. The highest BCUT2D eigenvalue weighted by atomic mass is 35.5. The van der Waals surface area contributed by atoms with Gasteiger partial charge in [0.2, 0.25) is 5.91 Å². The lowest BCUT2D eigenvalue weighted by Gasteiger charge is -2.16. The van der Waals surface area contributed by atoms with Crippen LogP contribution in [0.25, 0.3) is 0 Å². The van der Waals surface area contributed by atoms with Gasteiger partial charge in [0.1, 0.15) is 5.82 Å². The van der Waals surface area contributed by atoms with E-state index in [2.05, 4.69) is 0 Å². The second kappa shape index (κ2) is 4.33. The lowest BCUT2D eigenvalue weighted by atomic mass is 10.1. The Labute approximate surface area is 102 Å². The quantitative estimate of drug-likeness (QED) is 0.881. The molecule has 17 heavy (non-hydrogen) atoms. The van der Waals surface area contributed by atoms with Crippen molar-refractivity contribution in [1.29, 1.82) is 0 Å². The molecule has 1 amide bonds. The molecule has 0 radical (unpaired) electrons. The molecule has 1 aliphatic rings. The normalized spacial score (nSPS) is 19.8. The van der Waals surface area contributed by atoms with Crippen LogP contribution in [-0.4, -0.2) is 23.5 Å². The lowest BCUT2D eigenvalue weighted by molar-refractivity contribution is -0.141. The SMILES string of the molecule is O=C(O)[C@@H]1CC(=O)N(c2ccc(Cl)c(F)c2)C1. The molecule has 1 aromatic carbocycles. The Morgan fingerprint density at radius 2 is 2.24 bits per heavy atom. The number of carbonyl (C=O) groups excluding carboxylic acids is 1. The average Bonchev–Trinajstić information content (AvgIpc) is 2.65. The van der Waals surface area contributed by atoms with Gasteiger partial charge in [0, 0.05) is 18.7 Å². The van der Waals surface area contributed by atoms with Gasteiger partial charge in [-0.25, -0.2) is 4.39 Å². The van der Waals surface area contributed by atoms with Crippen LogP contribution >= 0.6 is 11.6 Å². The van der Waals surface area contributed by atoms with Gasteiger partial charge in [-0.3, -0.25) is 9.59 Å². The molecule has 1 N–H and O–H groups in total. The number of anilines is 1. The number of hydrogen-bond donors (Lipinski definition) is 1. The van der Waals surface area contributed by atoms with Crippen LogP contribution in [0.4, 0.5) is 10.1 Å². The maximum atomic E-state index is 13.2. The molecule has 4 nitrogen and oxygen atoms in total. The molecule has 90 valence electrons. The van der Waals surface area contributed by atoms with Crippen molar-refractivity contribution in [2.45, 2.75) is 6.42 Å². The molecule has 1 heterocycles. The van der Waals surface area contributed by atoms with Crippen molar-refractivity contribution < 1.29 is 19.1 Å².